The maximum Gasteiger partial charge on any atom is 0.248 e. The summed E-state index contributed by atoms with van der Waals surface area (Å²) in [6.07, 6.45) is 1.67. The average Bonchev–Trinajstić information content (AvgIpc) is 2.53. The van der Waals surface area contributed by atoms with E-state index >= 15 is 0 Å². The summed E-state index contributed by atoms with van der Waals surface area (Å²) in [5.41, 5.74) is 0. The lowest BCUT2D eigenvalue weighted by molar-refractivity contribution is -0.117. The Morgan fingerprint density at radius 1 is 1.46 bits per heavy atom. The Labute approximate surface area is 74.9 Å². The van der Waals surface area contributed by atoms with Crippen molar-refractivity contribution in [3.63, 3.8) is 0 Å². The van der Waals surface area contributed by atoms with Gasteiger partial charge in [0.25, 0.3) is 0 Å². The Balaban J connectivity index is 2.04. The number of amides is 1. The lowest BCUT2D eigenvalue weighted by Gasteiger charge is -2.02. The van der Waals surface area contributed by atoms with Crippen LogP contribution >= 0.6 is 0 Å². The van der Waals surface area contributed by atoms with E-state index in [0.29, 0.717) is 11.8 Å². The molecule has 13 heavy (non-hydrogen) atoms. The molecule has 5 heteroatoms. The normalized spacial score (nSPS) is 15.1. The molecule has 5 nitrogen and oxygen atoms in total. The van der Waals surface area contributed by atoms with Gasteiger partial charge in [-0.3, -0.25) is 10.1 Å². The van der Waals surface area contributed by atoms with Gasteiger partial charge in [-0.05, 0) is 12.1 Å². The van der Waals surface area contributed by atoms with Crippen LogP contribution in [0.4, 0.5) is 5.82 Å². The Bertz CT molecular complexity index is 346. The number of hydrogen-bond donors (Lipinski definition) is 2. The number of rotatable bonds is 1. The van der Waals surface area contributed by atoms with Gasteiger partial charge in [0.05, 0.1) is 0 Å². The second-order valence-corrected chi connectivity index (χ2v) is 2.55. The zero-order chi connectivity index (χ0) is 9.10. The van der Waals surface area contributed by atoms with Crippen molar-refractivity contribution >= 4 is 17.7 Å². The van der Waals surface area contributed by atoms with Gasteiger partial charge in [-0.15, -0.1) is 0 Å². The van der Waals surface area contributed by atoms with E-state index in [2.05, 4.69) is 20.6 Å². The van der Waals surface area contributed by atoms with Gasteiger partial charge in [-0.1, -0.05) is 6.07 Å². The van der Waals surface area contributed by atoms with Crippen LogP contribution in [0.25, 0.3) is 0 Å². The van der Waals surface area contributed by atoms with E-state index < -0.39 is 0 Å². The molecule has 0 unspecified atom stereocenters. The third kappa shape index (κ3) is 1.81. The first-order valence-corrected chi connectivity index (χ1v) is 3.87. The fraction of sp³-hybridized carbons (Fsp3) is 0.125. The van der Waals surface area contributed by atoms with E-state index in [1.54, 1.807) is 12.3 Å². The molecule has 0 bridgehead atoms. The molecular weight excluding hydrogens is 168 g/mol. The quantitative estimate of drug-likeness (QED) is 0.632. The third-order valence-corrected chi connectivity index (χ3v) is 1.55. The Morgan fingerprint density at radius 2 is 2.38 bits per heavy atom. The van der Waals surface area contributed by atoms with E-state index in [0.717, 1.165) is 0 Å². The number of aliphatic imine (C=N–C) groups is 1. The molecule has 0 saturated carbocycles. The van der Waals surface area contributed by atoms with Crippen LogP contribution < -0.4 is 10.6 Å². The van der Waals surface area contributed by atoms with E-state index in [4.69, 9.17) is 0 Å². The fourth-order valence-corrected chi connectivity index (χ4v) is 0.991. The first-order valence-electron chi connectivity index (χ1n) is 3.87. The van der Waals surface area contributed by atoms with Crippen LogP contribution in [-0.4, -0.2) is 23.4 Å². The molecule has 2 heterocycles. The molecule has 1 aromatic rings. The number of pyridine rings is 1. The summed E-state index contributed by atoms with van der Waals surface area (Å²) in [6, 6.07) is 5.47. The predicted octanol–water partition coefficient (Wildman–Crippen LogP) is -0.0207. The lowest BCUT2D eigenvalue weighted by Crippen LogP contribution is -2.30. The summed E-state index contributed by atoms with van der Waals surface area (Å²) >= 11 is 0. The lowest BCUT2D eigenvalue weighted by atomic mass is 10.5. The summed E-state index contributed by atoms with van der Waals surface area (Å²) in [7, 11) is 0. The van der Waals surface area contributed by atoms with E-state index in [9.17, 15) is 4.79 Å². The average molecular weight is 176 g/mol. The second-order valence-electron chi connectivity index (χ2n) is 2.55. The highest BCUT2D eigenvalue weighted by Crippen LogP contribution is 2.00. The molecule has 2 rings (SSSR count). The van der Waals surface area contributed by atoms with Gasteiger partial charge in [0.2, 0.25) is 11.9 Å². The van der Waals surface area contributed by atoms with Crippen LogP contribution in [0.15, 0.2) is 29.4 Å². The predicted molar refractivity (Wildman–Crippen MR) is 48.3 cm³/mol. The number of guanidine groups is 1. The number of nitrogens with zero attached hydrogens (tertiary/aromatic N) is 2. The van der Waals surface area contributed by atoms with E-state index in [1.165, 1.54) is 0 Å². The highest BCUT2D eigenvalue weighted by atomic mass is 16.2. The Kier molecular flexibility index (Phi) is 1.91. The minimum atomic E-state index is -0.0987. The molecule has 1 aliphatic rings. The first kappa shape index (κ1) is 7.72. The van der Waals surface area contributed by atoms with Crippen molar-refractivity contribution < 1.29 is 4.79 Å². The number of carbonyl (C=O) groups excluding carboxylic acids is 1. The van der Waals surface area contributed by atoms with Crippen LogP contribution in [0.5, 0.6) is 0 Å². The van der Waals surface area contributed by atoms with Gasteiger partial charge < -0.3 is 5.32 Å². The molecule has 0 aromatic carbocycles. The third-order valence-electron chi connectivity index (χ3n) is 1.55. The van der Waals surface area contributed by atoms with Gasteiger partial charge >= 0.3 is 0 Å². The zero-order valence-electron chi connectivity index (χ0n) is 6.82. The minimum absolute atomic E-state index is 0.0987. The van der Waals surface area contributed by atoms with E-state index in [-0.39, 0.29) is 12.5 Å². The van der Waals surface area contributed by atoms with Gasteiger partial charge in [0.15, 0.2) is 0 Å². The number of nitrogens with one attached hydrogen (secondary N) is 2. The fourth-order valence-electron chi connectivity index (χ4n) is 0.991. The van der Waals surface area contributed by atoms with Gasteiger partial charge in [0, 0.05) is 6.20 Å². The van der Waals surface area contributed by atoms with Crippen molar-refractivity contribution in [2.45, 2.75) is 0 Å². The van der Waals surface area contributed by atoms with Crippen LogP contribution in [-0.2, 0) is 4.79 Å². The van der Waals surface area contributed by atoms with Crippen LogP contribution in [0.2, 0.25) is 0 Å². The standard InChI is InChI=1S/C8H8N4O/c13-7-5-10-8(12-7)11-6-3-1-2-4-9-6/h1-4H,5H2,(H2,9,10,11,12,13). The molecule has 0 radical (unpaired) electrons. The number of carbonyl (C=O) groups is 1. The topological polar surface area (TPSA) is 66.4 Å². The molecule has 66 valence electrons. The molecular formula is C8H8N4O. The summed E-state index contributed by atoms with van der Waals surface area (Å²) in [4.78, 5) is 18.7. The smallest absolute Gasteiger partial charge is 0.248 e. The molecule has 2 N–H and O–H groups in total. The zero-order valence-corrected chi connectivity index (χ0v) is 6.82. The van der Waals surface area contributed by atoms with Crippen molar-refractivity contribution in [1.82, 2.24) is 10.3 Å². The Hall–Kier alpha value is -1.91. The molecule has 0 saturated heterocycles. The van der Waals surface area contributed by atoms with Gasteiger partial charge in [-0.25, -0.2) is 9.98 Å². The highest BCUT2D eigenvalue weighted by molar-refractivity contribution is 6.08. The molecule has 0 atom stereocenters. The Morgan fingerprint density at radius 3 is 3.00 bits per heavy atom. The van der Waals surface area contributed by atoms with E-state index in [1.807, 2.05) is 12.1 Å². The SMILES string of the molecule is O=C1CN=C(Nc2ccccn2)N1. The first-order chi connectivity index (χ1) is 6.34. The highest BCUT2D eigenvalue weighted by Gasteiger charge is 2.12. The molecule has 0 aliphatic carbocycles. The molecule has 1 amide bonds. The maximum atomic E-state index is 10.8. The summed E-state index contributed by atoms with van der Waals surface area (Å²) < 4.78 is 0. The summed E-state index contributed by atoms with van der Waals surface area (Å²) in [5.74, 6) is 1.03. The molecule has 1 aliphatic heterocycles. The maximum absolute atomic E-state index is 10.8. The summed E-state index contributed by atoms with van der Waals surface area (Å²) in [5, 5.41) is 5.44. The van der Waals surface area contributed by atoms with Crippen molar-refractivity contribution in [2.24, 2.45) is 4.99 Å². The number of anilines is 1. The monoisotopic (exact) mass is 176 g/mol. The minimum Gasteiger partial charge on any atom is -0.311 e. The van der Waals surface area contributed by atoms with Crippen LogP contribution in [0.3, 0.4) is 0 Å². The largest absolute Gasteiger partial charge is 0.311 e. The van der Waals surface area contributed by atoms with Gasteiger partial charge in [-0.2, -0.15) is 0 Å². The number of aromatic nitrogens is 1. The van der Waals surface area contributed by atoms with Crippen LogP contribution in [0, 0.1) is 0 Å². The second kappa shape index (κ2) is 3.22. The van der Waals surface area contributed by atoms with Crippen molar-refractivity contribution in [2.75, 3.05) is 11.9 Å². The molecule has 0 fully saturated rings. The molecule has 1 aromatic heterocycles. The molecule has 0 spiro atoms. The van der Waals surface area contributed by atoms with Gasteiger partial charge in [0.1, 0.15) is 12.4 Å². The van der Waals surface area contributed by atoms with Crippen molar-refractivity contribution in [3.8, 4) is 0 Å². The summed E-state index contributed by atoms with van der Waals surface area (Å²) in [6.45, 7) is 0.190. The van der Waals surface area contributed by atoms with Crippen LogP contribution in [0.1, 0.15) is 0 Å². The van der Waals surface area contributed by atoms with Crippen molar-refractivity contribution in [1.29, 1.82) is 0 Å². The van der Waals surface area contributed by atoms with Crippen molar-refractivity contribution in [3.05, 3.63) is 24.4 Å². The number of hydrogen-bond acceptors (Lipinski definition) is 4.